The quantitative estimate of drug-likeness (QED) is 0.603. The lowest BCUT2D eigenvalue weighted by Crippen LogP contribution is -2.39. The van der Waals surface area contributed by atoms with Gasteiger partial charge in [-0.25, -0.2) is 13.8 Å². The van der Waals surface area contributed by atoms with Gasteiger partial charge in [0.2, 0.25) is 5.92 Å². The highest BCUT2D eigenvalue weighted by Gasteiger charge is 2.40. The molecule has 0 atom stereocenters. The number of rotatable bonds is 6. The van der Waals surface area contributed by atoms with E-state index in [-0.39, 0.29) is 61.5 Å². The number of halogens is 5. The van der Waals surface area contributed by atoms with Crippen molar-refractivity contribution in [2.24, 2.45) is 5.92 Å². The molecule has 0 bridgehead atoms. The number of hydrogen-bond acceptors (Lipinski definition) is 3. The molecule has 0 unspecified atom stereocenters. The highest BCUT2D eigenvalue weighted by molar-refractivity contribution is 5.95. The lowest BCUT2D eigenvalue weighted by molar-refractivity contribution is -0.141. The molecule has 0 aliphatic heterocycles. The molecular formula is C22H28F5N3O2. The molecule has 10 heteroatoms. The van der Waals surface area contributed by atoms with Crippen molar-refractivity contribution in [3.05, 3.63) is 34.8 Å². The second-order valence-corrected chi connectivity index (χ2v) is 9.13. The van der Waals surface area contributed by atoms with Crippen molar-refractivity contribution in [2.75, 3.05) is 13.7 Å². The number of imidazole rings is 1. The zero-order chi connectivity index (χ0) is 23.9. The van der Waals surface area contributed by atoms with Crippen LogP contribution in [0.2, 0.25) is 0 Å². The van der Waals surface area contributed by atoms with E-state index in [4.69, 9.17) is 4.74 Å². The molecule has 0 aromatic carbocycles. The van der Waals surface area contributed by atoms with Crippen LogP contribution in [-0.4, -0.2) is 40.5 Å². The van der Waals surface area contributed by atoms with E-state index in [0.717, 1.165) is 0 Å². The van der Waals surface area contributed by atoms with Gasteiger partial charge in [-0.15, -0.1) is 0 Å². The van der Waals surface area contributed by atoms with Crippen molar-refractivity contribution >= 4 is 11.6 Å². The molecule has 1 saturated carbocycles. The number of ether oxygens (including phenoxy) is 1. The van der Waals surface area contributed by atoms with Crippen molar-refractivity contribution in [3.63, 3.8) is 0 Å². The van der Waals surface area contributed by atoms with Crippen LogP contribution in [0.15, 0.2) is 12.1 Å². The summed E-state index contributed by atoms with van der Waals surface area (Å²) in [5, 5.41) is 2.71. The Hall–Kier alpha value is -2.23. The third kappa shape index (κ3) is 5.39. The van der Waals surface area contributed by atoms with Crippen molar-refractivity contribution in [2.45, 2.75) is 70.6 Å². The fourth-order valence-electron chi connectivity index (χ4n) is 4.02. The largest absolute Gasteiger partial charge is 0.435 e. The minimum Gasteiger partial charge on any atom is -0.377 e. The average Bonchev–Trinajstić information content (AvgIpc) is 3.07. The van der Waals surface area contributed by atoms with E-state index >= 15 is 0 Å². The minimum atomic E-state index is -4.70. The maximum atomic E-state index is 13.8. The SMILES string of the molecule is COC(C)(C)CNC(=O)c1cc(C)n2c(CC3CCC(F)(F)CC3)c(C(F)(F)F)nc2c1. The van der Waals surface area contributed by atoms with Gasteiger partial charge in [-0.05, 0) is 58.1 Å². The highest BCUT2D eigenvalue weighted by Crippen LogP contribution is 2.40. The Morgan fingerprint density at radius 3 is 2.44 bits per heavy atom. The number of nitrogens with one attached hydrogen (secondary N) is 1. The number of amides is 1. The molecular weight excluding hydrogens is 433 g/mol. The van der Waals surface area contributed by atoms with E-state index in [0.29, 0.717) is 5.69 Å². The molecule has 3 rings (SSSR count). The minimum absolute atomic E-state index is 0.000497. The number of nitrogens with zero attached hydrogens (tertiary/aromatic N) is 2. The van der Waals surface area contributed by atoms with E-state index in [1.807, 2.05) is 0 Å². The zero-order valence-corrected chi connectivity index (χ0v) is 18.6. The number of aromatic nitrogens is 2. The van der Waals surface area contributed by atoms with Crippen LogP contribution >= 0.6 is 0 Å². The van der Waals surface area contributed by atoms with Crippen LogP contribution in [0.3, 0.4) is 0 Å². The predicted octanol–water partition coefficient (Wildman–Crippen LogP) is 5.18. The summed E-state index contributed by atoms with van der Waals surface area (Å²) >= 11 is 0. The summed E-state index contributed by atoms with van der Waals surface area (Å²) in [6.07, 6.45) is -5.02. The van der Waals surface area contributed by atoms with Crippen LogP contribution in [0.5, 0.6) is 0 Å². The van der Waals surface area contributed by atoms with Crippen LogP contribution in [0.25, 0.3) is 5.65 Å². The smallest absolute Gasteiger partial charge is 0.377 e. The Balaban J connectivity index is 1.94. The first kappa shape index (κ1) is 24.4. The molecule has 1 aliphatic rings. The van der Waals surface area contributed by atoms with Gasteiger partial charge in [0, 0.05) is 37.8 Å². The fourth-order valence-corrected chi connectivity index (χ4v) is 4.02. The van der Waals surface area contributed by atoms with Crippen LogP contribution in [0, 0.1) is 12.8 Å². The first-order valence-electron chi connectivity index (χ1n) is 10.5. The molecule has 32 heavy (non-hydrogen) atoms. The standard InChI is InChI=1S/C22H28F5N3O2/c1-13-9-15(19(31)28-12-20(2,3)32-4)11-17-29-18(22(25,26)27)16(30(13)17)10-14-5-7-21(23,24)8-6-14/h9,11,14H,5-8,10,12H2,1-4H3,(H,28,31). The van der Waals surface area contributed by atoms with Gasteiger partial charge in [-0.1, -0.05) is 0 Å². The molecule has 1 fully saturated rings. The third-order valence-electron chi connectivity index (χ3n) is 6.08. The molecule has 178 valence electrons. The second kappa shape index (κ2) is 8.61. The summed E-state index contributed by atoms with van der Waals surface area (Å²) in [5.41, 5.74) is -1.08. The molecule has 0 spiro atoms. The third-order valence-corrected chi connectivity index (χ3v) is 6.08. The van der Waals surface area contributed by atoms with E-state index in [1.165, 1.54) is 23.6 Å². The van der Waals surface area contributed by atoms with Gasteiger partial charge in [-0.3, -0.25) is 4.79 Å². The number of aryl methyl sites for hydroxylation is 1. The van der Waals surface area contributed by atoms with Crippen LogP contribution < -0.4 is 5.32 Å². The summed E-state index contributed by atoms with van der Waals surface area (Å²) in [6, 6.07) is 2.82. The van der Waals surface area contributed by atoms with Crippen molar-refractivity contribution in [1.82, 2.24) is 14.7 Å². The van der Waals surface area contributed by atoms with Crippen LogP contribution in [-0.2, 0) is 17.3 Å². The van der Waals surface area contributed by atoms with Gasteiger partial charge in [-0.2, -0.15) is 13.2 Å². The lowest BCUT2D eigenvalue weighted by Gasteiger charge is -2.28. The molecule has 0 radical (unpaired) electrons. The fraction of sp³-hybridized carbons (Fsp3) is 0.636. The summed E-state index contributed by atoms with van der Waals surface area (Å²) in [4.78, 5) is 16.4. The Morgan fingerprint density at radius 2 is 1.88 bits per heavy atom. The van der Waals surface area contributed by atoms with E-state index in [9.17, 15) is 26.7 Å². The van der Waals surface area contributed by atoms with Gasteiger partial charge in [0.05, 0.1) is 11.3 Å². The first-order valence-corrected chi connectivity index (χ1v) is 10.5. The monoisotopic (exact) mass is 461 g/mol. The van der Waals surface area contributed by atoms with Crippen molar-refractivity contribution in [3.8, 4) is 0 Å². The number of pyridine rings is 1. The van der Waals surface area contributed by atoms with Crippen molar-refractivity contribution < 1.29 is 31.5 Å². The molecule has 0 saturated heterocycles. The molecule has 2 aromatic rings. The van der Waals surface area contributed by atoms with Crippen LogP contribution in [0.4, 0.5) is 22.0 Å². The molecule has 1 N–H and O–H groups in total. The normalized spacial score (nSPS) is 17.7. The Labute approximate surface area is 183 Å². The molecule has 2 aromatic heterocycles. The van der Waals surface area contributed by atoms with Gasteiger partial charge in [0.15, 0.2) is 5.69 Å². The Bertz CT molecular complexity index is 988. The van der Waals surface area contributed by atoms with Gasteiger partial charge >= 0.3 is 6.18 Å². The van der Waals surface area contributed by atoms with Crippen LogP contribution in [0.1, 0.15) is 67.0 Å². The maximum absolute atomic E-state index is 13.8. The van der Waals surface area contributed by atoms with E-state index in [2.05, 4.69) is 10.3 Å². The molecule has 1 amide bonds. The first-order chi connectivity index (χ1) is 14.7. The topological polar surface area (TPSA) is 55.6 Å². The van der Waals surface area contributed by atoms with Gasteiger partial charge in [0.25, 0.3) is 5.91 Å². The second-order valence-electron chi connectivity index (χ2n) is 9.13. The Morgan fingerprint density at radius 1 is 1.25 bits per heavy atom. The number of carbonyl (C=O) groups is 1. The maximum Gasteiger partial charge on any atom is 0.435 e. The number of methoxy groups -OCH3 is 1. The van der Waals surface area contributed by atoms with Crippen molar-refractivity contribution in [1.29, 1.82) is 0 Å². The molecule has 2 heterocycles. The summed E-state index contributed by atoms with van der Waals surface area (Å²) < 4.78 is 74.9. The summed E-state index contributed by atoms with van der Waals surface area (Å²) in [6.45, 7) is 5.40. The van der Waals surface area contributed by atoms with E-state index in [1.54, 1.807) is 20.8 Å². The lowest BCUT2D eigenvalue weighted by atomic mass is 9.83. The number of hydrogen-bond donors (Lipinski definition) is 1. The number of alkyl halides is 5. The predicted molar refractivity (Wildman–Crippen MR) is 109 cm³/mol. The number of carbonyl (C=O) groups excluding carboxylic acids is 1. The zero-order valence-electron chi connectivity index (χ0n) is 18.6. The summed E-state index contributed by atoms with van der Waals surface area (Å²) in [7, 11) is 1.51. The average molecular weight is 461 g/mol. The molecule has 5 nitrogen and oxygen atoms in total. The summed E-state index contributed by atoms with van der Waals surface area (Å²) in [5.74, 6) is -3.49. The van der Waals surface area contributed by atoms with Gasteiger partial charge < -0.3 is 14.5 Å². The highest BCUT2D eigenvalue weighted by atomic mass is 19.4. The molecule has 1 aliphatic carbocycles. The Kier molecular flexibility index (Phi) is 6.57. The van der Waals surface area contributed by atoms with Gasteiger partial charge in [0.1, 0.15) is 5.65 Å². The van der Waals surface area contributed by atoms with E-state index < -0.39 is 29.3 Å². The number of fused-ring (bicyclic) bond motifs is 1.